The second kappa shape index (κ2) is 8.44. The molecule has 0 aliphatic carbocycles. The van der Waals surface area contributed by atoms with Gasteiger partial charge in [-0.05, 0) is 48.9 Å². The zero-order chi connectivity index (χ0) is 20.2. The molecule has 0 spiro atoms. The minimum atomic E-state index is 0.0916. The molecule has 0 amide bonds. The lowest BCUT2D eigenvalue weighted by Crippen LogP contribution is -2.04. The van der Waals surface area contributed by atoms with Crippen LogP contribution in [0.3, 0.4) is 0 Å². The van der Waals surface area contributed by atoms with Gasteiger partial charge in [0.2, 0.25) is 5.88 Å². The predicted molar refractivity (Wildman–Crippen MR) is 113 cm³/mol. The number of hydrogen-bond acceptors (Lipinski definition) is 6. The highest BCUT2D eigenvalue weighted by molar-refractivity contribution is 9.10. The number of aromatic nitrogens is 4. The summed E-state index contributed by atoms with van der Waals surface area (Å²) in [6.45, 7) is 1.32. The molecule has 4 aromatic rings. The van der Waals surface area contributed by atoms with Crippen molar-refractivity contribution in [2.45, 2.75) is 19.5 Å². The van der Waals surface area contributed by atoms with Crippen molar-refractivity contribution in [3.63, 3.8) is 0 Å². The van der Waals surface area contributed by atoms with E-state index in [0.717, 1.165) is 27.5 Å². The minimum Gasteiger partial charge on any atom is -0.497 e. The fraction of sp³-hybridized carbons (Fsp3) is 0.200. The Morgan fingerprint density at radius 1 is 1.10 bits per heavy atom. The number of hydrogen-bond donors (Lipinski definition) is 1. The Morgan fingerprint density at radius 3 is 2.66 bits per heavy atom. The molecule has 2 aromatic carbocycles. The molecule has 0 aliphatic heterocycles. The van der Waals surface area contributed by atoms with Gasteiger partial charge in [-0.1, -0.05) is 15.9 Å². The Kier molecular flexibility index (Phi) is 5.57. The van der Waals surface area contributed by atoms with E-state index in [9.17, 15) is 5.11 Å². The van der Waals surface area contributed by atoms with Crippen LogP contribution in [0.4, 0.5) is 11.4 Å². The molecule has 148 valence electrons. The fourth-order valence-corrected chi connectivity index (χ4v) is 3.48. The Labute approximate surface area is 175 Å². The van der Waals surface area contributed by atoms with E-state index >= 15 is 0 Å². The van der Waals surface area contributed by atoms with Crippen LogP contribution >= 0.6 is 15.9 Å². The van der Waals surface area contributed by atoms with Crippen LogP contribution in [-0.2, 0) is 13.1 Å². The van der Waals surface area contributed by atoms with E-state index in [0.29, 0.717) is 24.5 Å². The van der Waals surface area contributed by atoms with Crippen LogP contribution in [0.1, 0.15) is 6.42 Å². The molecule has 0 radical (unpaired) electrons. The third kappa shape index (κ3) is 4.14. The van der Waals surface area contributed by atoms with Crippen molar-refractivity contribution in [3.8, 4) is 11.6 Å². The summed E-state index contributed by atoms with van der Waals surface area (Å²) in [6.07, 6.45) is 3.97. The first kappa shape index (κ1) is 19.1. The summed E-state index contributed by atoms with van der Waals surface area (Å²) in [6, 6.07) is 13.1. The van der Waals surface area contributed by atoms with Crippen molar-refractivity contribution in [2.75, 3.05) is 7.11 Å². The molecule has 0 aliphatic rings. The third-order valence-corrected chi connectivity index (χ3v) is 5.04. The summed E-state index contributed by atoms with van der Waals surface area (Å²) in [5, 5.41) is 24.4. The number of halogens is 1. The highest BCUT2D eigenvalue weighted by atomic mass is 79.9. The fourth-order valence-electron chi connectivity index (χ4n) is 3.12. The molecule has 9 heteroatoms. The molecule has 0 saturated carbocycles. The molecular weight excluding hydrogens is 436 g/mol. The number of methoxy groups -OCH3 is 1. The van der Waals surface area contributed by atoms with E-state index in [2.05, 4.69) is 36.2 Å². The van der Waals surface area contributed by atoms with Gasteiger partial charge in [-0.25, -0.2) is 4.98 Å². The van der Waals surface area contributed by atoms with Crippen molar-refractivity contribution in [1.82, 2.24) is 19.3 Å². The first-order chi connectivity index (χ1) is 14.2. The molecule has 4 rings (SSSR count). The van der Waals surface area contributed by atoms with Gasteiger partial charge >= 0.3 is 0 Å². The highest BCUT2D eigenvalue weighted by Crippen LogP contribution is 2.40. The van der Waals surface area contributed by atoms with Gasteiger partial charge in [-0.3, -0.25) is 4.68 Å². The van der Waals surface area contributed by atoms with Crippen LogP contribution in [0.5, 0.6) is 11.6 Å². The SMILES string of the molecule is COc1ccc(N=Nc2c(O)n(CCCn3cncn3)c3ccc(Br)cc23)cc1. The lowest BCUT2D eigenvalue weighted by atomic mass is 10.2. The maximum absolute atomic E-state index is 10.9. The Morgan fingerprint density at radius 2 is 1.93 bits per heavy atom. The predicted octanol–water partition coefficient (Wildman–Crippen LogP) is 5.22. The van der Waals surface area contributed by atoms with Crippen molar-refractivity contribution >= 4 is 38.2 Å². The van der Waals surface area contributed by atoms with E-state index in [4.69, 9.17) is 4.74 Å². The smallest absolute Gasteiger partial charge is 0.220 e. The largest absolute Gasteiger partial charge is 0.497 e. The summed E-state index contributed by atoms with van der Waals surface area (Å²) in [7, 11) is 1.62. The van der Waals surface area contributed by atoms with Crippen molar-refractivity contribution < 1.29 is 9.84 Å². The minimum absolute atomic E-state index is 0.0916. The Bertz CT molecular complexity index is 1140. The van der Waals surface area contributed by atoms with Crippen LogP contribution in [0.15, 0.2) is 69.8 Å². The number of nitrogens with zero attached hydrogens (tertiary/aromatic N) is 6. The molecular formula is C20H19BrN6O2. The van der Waals surface area contributed by atoms with Crippen LogP contribution in [0, 0.1) is 0 Å². The van der Waals surface area contributed by atoms with Gasteiger partial charge in [0.15, 0.2) is 5.69 Å². The van der Waals surface area contributed by atoms with E-state index < -0.39 is 0 Å². The van der Waals surface area contributed by atoms with E-state index in [-0.39, 0.29) is 5.88 Å². The van der Waals surface area contributed by atoms with Gasteiger partial charge in [0.25, 0.3) is 0 Å². The van der Waals surface area contributed by atoms with Crippen LogP contribution in [0.25, 0.3) is 10.9 Å². The normalized spacial score (nSPS) is 11.5. The topological polar surface area (TPSA) is 89.8 Å². The number of benzene rings is 2. The summed E-state index contributed by atoms with van der Waals surface area (Å²) in [5.74, 6) is 0.841. The molecule has 2 aromatic heterocycles. The van der Waals surface area contributed by atoms with Gasteiger partial charge in [-0.15, -0.1) is 5.11 Å². The average molecular weight is 455 g/mol. The number of fused-ring (bicyclic) bond motifs is 1. The Hall–Kier alpha value is -3.20. The summed E-state index contributed by atoms with van der Waals surface area (Å²) in [5.41, 5.74) is 2.01. The molecule has 8 nitrogen and oxygen atoms in total. The highest BCUT2D eigenvalue weighted by Gasteiger charge is 2.17. The second-order valence-electron chi connectivity index (χ2n) is 6.40. The van der Waals surface area contributed by atoms with Crippen LogP contribution < -0.4 is 4.74 Å². The third-order valence-electron chi connectivity index (χ3n) is 4.55. The molecule has 0 fully saturated rings. The number of azo groups is 1. The number of ether oxygens (including phenoxy) is 1. The lowest BCUT2D eigenvalue weighted by molar-refractivity contribution is 0.411. The van der Waals surface area contributed by atoms with Gasteiger partial charge in [-0.2, -0.15) is 10.2 Å². The maximum Gasteiger partial charge on any atom is 0.220 e. The van der Waals surface area contributed by atoms with Gasteiger partial charge in [0.1, 0.15) is 18.4 Å². The second-order valence-corrected chi connectivity index (χ2v) is 7.31. The first-order valence-electron chi connectivity index (χ1n) is 9.04. The summed E-state index contributed by atoms with van der Waals surface area (Å²) in [4.78, 5) is 3.95. The first-order valence-corrected chi connectivity index (χ1v) is 9.84. The van der Waals surface area contributed by atoms with E-state index in [1.807, 2.05) is 47.0 Å². The molecule has 29 heavy (non-hydrogen) atoms. The van der Waals surface area contributed by atoms with Crippen molar-refractivity contribution in [1.29, 1.82) is 0 Å². The van der Waals surface area contributed by atoms with Crippen LogP contribution in [-0.4, -0.2) is 31.5 Å². The van der Waals surface area contributed by atoms with Gasteiger partial charge < -0.3 is 14.4 Å². The molecule has 2 heterocycles. The number of aromatic hydroxyl groups is 1. The standard InChI is InChI=1S/C20H19BrN6O2/c1-29-16-6-4-15(5-7-16)24-25-19-17-11-14(21)3-8-18(17)27(20(19)28)10-2-9-26-13-22-12-23-26/h3-8,11-13,28H,2,9-10H2,1H3. The zero-order valence-corrected chi connectivity index (χ0v) is 17.3. The monoisotopic (exact) mass is 454 g/mol. The number of aryl methyl sites for hydroxylation is 2. The van der Waals surface area contributed by atoms with E-state index in [1.54, 1.807) is 18.1 Å². The maximum atomic E-state index is 10.9. The van der Waals surface area contributed by atoms with Gasteiger partial charge in [0.05, 0.1) is 18.3 Å². The molecule has 1 N–H and O–H groups in total. The van der Waals surface area contributed by atoms with Crippen molar-refractivity contribution in [3.05, 3.63) is 59.6 Å². The molecule has 0 unspecified atom stereocenters. The quantitative estimate of drug-likeness (QED) is 0.387. The van der Waals surface area contributed by atoms with E-state index in [1.165, 1.54) is 6.33 Å². The molecule has 0 atom stereocenters. The average Bonchev–Trinajstić information content (AvgIpc) is 3.34. The Balaban J connectivity index is 1.64. The summed E-state index contributed by atoms with van der Waals surface area (Å²) < 4.78 is 9.68. The van der Waals surface area contributed by atoms with Gasteiger partial charge in [0, 0.05) is 22.9 Å². The summed E-state index contributed by atoms with van der Waals surface area (Å²) >= 11 is 3.50. The molecule has 0 bridgehead atoms. The molecule has 0 saturated heterocycles. The van der Waals surface area contributed by atoms with Crippen molar-refractivity contribution in [2.24, 2.45) is 10.2 Å². The zero-order valence-electron chi connectivity index (χ0n) is 15.7. The number of rotatable bonds is 7. The lowest BCUT2D eigenvalue weighted by Gasteiger charge is -2.07. The van der Waals surface area contributed by atoms with Crippen LogP contribution in [0.2, 0.25) is 0 Å².